The Labute approximate surface area is 140 Å². The number of unbranched alkanes of at least 4 members (excludes halogenated alkanes) is 1. The van der Waals surface area contributed by atoms with Crippen molar-refractivity contribution >= 4 is 9.53 Å². The van der Waals surface area contributed by atoms with Gasteiger partial charge in [-0.05, 0) is 41.5 Å². The maximum atomic E-state index is 5.22. The average Bonchev–Trinajstić information content (AvgIpc) is 2.49. The van der Waals surface area contributed by atoms with Crippen molar-refractivity contribution in [2.24, 2.45) is 0 Å². The Bertz CT molecular complexity index is 150. The first-order chi connectivity index (χ1) is 10.6. The van der Waals surface area contributed by atoms with Crippen molar-refractivity contribution in [1.29, 1.82) is 0 Å². The summed E-state index contributed by atoms with van der Waals surface area (Å²) in [4.78, 5) is 0. The molecule has 5 nitrogen and oxygen atoms in total. The summed E-state index contributed by atoms with van der Waals surface area (Å²) in [5.74, 6) is 0. The van der Waals surface area contributed by atoms with Crippen molar-refractivity contribution in [1.82, 2.24) is 0 Å². The molecule has 6 heteroatoms. The van der Waals surface area contributed by atoms with Crippen molar-refractivity contribution in [2.45, 2.75) is 74.5 Å². The van der Waals surface area contributed by atoms with Gasteiger partial charge < -0.3 is 22.8 Å². The highest BCUT2D eigenvalue weighted by molar-refractivity contribution is 6.36. The van der Waals surface area contributed by atoms with E-state index in [1.807, 2.05) is 41.5 Å². The maximum absolute atomic E-state index is 5.22. The van der Waals surface area contributed by atoms with Gasteiger partial charge in [-0.25, -0.2) is 0 Å². The van der Waals surface area contributed by atoms with E-state index in [-0.39, 0.29) is 6.29 Å². The maximum Gasteiger partial charge on any atom is 0.484 e. The van der Waals surface area contributed by atoms with E-state index >= 15 is 0 Å². The molecule has 0 radical (unpaired) electrons. The Morgan fingerprint density at radius 2 is 0.909 bits per heavy atom. The number of hydrogen-bond acceptors (Lipinski definition) is 5. The molecule has 0 aliphatic rings. The van der Waals surface area contributed by atoms with Crippen LogP contribution in [0.25, 0.3) is 0 Å². The van der Waals surface area contributed by atoms with E-state index in [4.69, 9.17) is 22.8 Å². The van der Waals surface area contributed by atoms with Gasteiger partial charge >= 0.3 is 9.53 Å². The molecule has 0 amide bonds. The van der Waals surface area contributed by atoms with E-state index in [9.17, 15) is 0 Å². The molecule has 0 unspecified atom stereocenters. The van der Waals surface area contributed by atoms with E-state index in [1.165, 1.54) is 12.8 Å². The SMILES string of the molecule is CCCC.CCOC(C)OCC.CCO[SiH](OCC)OCC. The smallest absolute Gasteiger partial charge is 0.376 e. The summed E-state index contributed by atoms with van der Waals surface area (Å²) >= 11 is 0. The Hall–Kier alpha value is 0.0169. The topological polar surface area (TPSA) is 46.2 Å². The molecule has 0 aliphatic carbocycles. The monoisotopic (exact) mass is 340 g/mol. The van der Waals surface area contributed by atoms with Crippen LogP contribution in [0, 0.1) is 0 Å². The van der Waals surface area contributed by atoms with Crippen LogP contribution in [0.5, 0.6) is 0 Å². The Balaban J connectivity index is -0.000000269. The van der Waals surface area contributed by atoms with Crippen molar-refractivity contribution < 1.29 is 22.8 Å². The van der Waals surface area contributed by atoms with Crippen LogP contribution < -0.4 is 0 Å². The highest BCUT2D eigenvalue weighted by atomic mass is 28.3. The van der Waals surface area contributed by atoms with Gasteiger partial charge in [0.15, 0.2) is 6.29 Å². The van der Waals surface area contributed by atoms with Crippen LogP contribution in [0.1, 0.15) is 68.2 Å². The molecule has 0 aromatic rings. The van der Waals surface area contributed by atoms with Crippen LogP contribution >= 0.6 is 0 Å². The van der Waals surface area contributed by atoms with Gasteiger partial charge in [0.25, 0.3) is 0 Å². The second-order valence-electron chi connectivity index (χ2n) is 4.13. The predicted octanol–water partition coefficient (Wildman–Crippen LogP) is 4.02. The molecule has 22 heavy (non-hydrogen) atoms. The number of hydrogen-bond donors (Lipinski definition) is 0. The largest absolute Gasteiger partial charge is 0.484 e. The molecule has 0 heterocycles. The van der Waals surface area contributed by atoms with Crippen LogP contribution in [0.3, 0.4) is 0 Å². The second-order valence-corrected chi connectivity index (χ2v) is 5.71. The lowest BCUT2D eigenvalue weighted by Gasteiger charge is -2.12. The summed E-state index contributed by atoms with van der Waals surface area (Å²) in [6, 6.07) is 0. The van der Waals surface area contributed by atoms with Crippen LogP contribution in [0.4, 0.5) is 0 Å². The first-order valence-corrected chi connectivity index (χ1v) is 10.1. The highest BCUT2D eigenvalue weighted by Crippen LogP contribution is 1.91. The third kappa shape index (κ3) is 28.2. The lowest BCUT2D eigenvalue weighted by Crippen LogP contribution is -2.27. The van der Waals surface area contributed by atoms with Crippen LogP contribution in [-0.4, -0.2) is 48.9 Å². The molecule has 0 bridgehead atoms. The Morgan fingerprint density at radius 3 is 1.09 bits per heavy atom. The van der Waals surface area contributed by atoms with E-state index in [1.54, 1.807) is 0 Å². The third-order valence-corrected chi connectivity index (χ3v) is 4.03. The van der Waals surface area contributed by atoms with Crippen molar-refractivity contribution in [3.05, 3.63) is 0 Å². The summed E-state index contributed by atoms with van der Waals surface area (Å²) in [7, 11) is -1.73. The molecule has 0 saturated heterocycles. The summed E-state index contributed by atoms with van der Waals surface area (Å²) in [6.45, 7) is 19.5. The van der Waals surface area contributed by atoms with E-state index in [0.29, 0.717) is 19.8 Å². The summed E-state index contributed by atoms with van der Waals surface area (Å²) < 4.78 is 25.8. The molecule has 0 spiro atoms. The quantitative estimate of drug-likeness (QED) is 0.420. The molecule has 0 fully saturated rings. The minimum absolute atomic E-state index is 0.0370. The van der Waals surface area contributed by atoms with Crippen LogP contribution in [0.2, 0.25) is 0 Å². The summed E-state index contributed by atoms with van der Waals surface area (Å²) in [6.07, 6.45) is 2.60. The predicted molar refractivity (Wildman–Crippen MR) is 95.3 cm³/mol. The molecular weight excluding hydrogens is 300 g/mol. The van der Waals surface area contributed by atoms with Crippen LogP contribution in [-0.2, 0) is 22.8 Å². The van der Waals surface area contributed by atoms with Gasteiger partial charge in [-0.1, -0.05) is 26.7 Å². The minimum atomic E-state index is -1.73. The first kappa shape index (κ1) is 26.9. The molecule has 0 N–H and O–H groups in total. The number of rotatable bonds is 11. The molecule has 0 aromatic heterocycles. The fraction of sp³-hybridized carbons (Fsp3) is 1.00. The zero-order valence-corrected chi connectivity index (χ0v) is 17.3. The molecule has 0 aliphatic heterocycles. The van der Waals surface area contributed by atoms with E-state index in [0.717, 1.165) is 13.2 Å². The minimum Gasteiger partial charge on any atom is -0.376 e. The molecule has 0 rings (SSSR count). The first-order valence-electron chi connectivity index (χ1n) is 8.65. The summed E-state index contributed by atoms with van der Waals surface area (Å²) in [5.41, 5.74) is 0. The fourth-order valence-electron chi connectivity index (χ4n) is 1.07. The molecular formula is C16H40O5Si. The fourth-order valence-corrected chi connectivity index (χ4v) is 2.18. The normalized spacial score (nSPS) is 10.1. The van der Waals surface area contributed by atoms with E-state index < -0.39 is 9.53 Å². The Kier molecular flexibility index (Phi) is 31.7. The van der Waals surface area contributed by atoms with Crippen molar-refractivity contribution in [3.8, 4) is 0 Å². The molecule has 138 valence electrons. The second kappa shape index (κ2) is 25.9. The zero-order valence-electron chi connectivity index (χ0n) is 16.1. The van der Waals surface area contributed by atoms with Crippen molar-refractivity contribution in [2.75, 3.05) is 33.0 Å². The van der Waals surface area contributed by atoms with Gasteiger partial charge in [0, 0.05) is 33.0 Å². The van der Waals surface area contributed by atoms with Gasteiger partial charge in [-0.3, -0.25) is 0 Å². The van der Waals surface area contributed by atoms with Gasteiger partial charge in [0.05, 0.1) is 0 Å². The van der Waals surface area contributed by atoms with Gasteiger partial charge in [0.2, 0.25) is 0 Å². The lowest BCUT2D eigenvalue weighted by atomic mass is 10.4. The lowest BCUT2D eigenvalue weighted by molar-refractivity contribution is -0.123. The molecule has 0 saturated carbocycles. The average molecular weight is 341 g/mol. The number of ether oxygens (including phenoxy) is 2. The van der Waals surface area contributed by atoms with Gasteiger partial charge in [-0.2, -0.15) is 0 Å². The Morgan fingerprint density at radius 1 is 0.591 bits per heavy atom. The zero-order chi connectivity index (χ0) is 17.6. The summed E-state index contributed by atoms with van der Waals surface area (Å²) in [5, 5.41) is 0. The van der Waals surface area contributed by atoms with Crippen LogP contribution in [0.15, 0.2) is 0 Å². The van der Waals surface area contributed by atoms with E-state index in [2.05, 4.69) is 13.8 Å². The highest BCUT2D eigenvalue weighted by Gasteiger charge is 2.11. The standard InChI is InChI=1S/C6H16O3Si.C6H14O2.C4H10/c1-4-7-10(8-5-2)9-6-3;1-4-7-6(3)8-5-2;1-3-4-2/h10H,4-6H2,1-3H3;6H,4-5H2,1-3H3;3-4H2,1-2H3. The molecule has 0 aromatic carbocycles. The van der Waals surface area contributed by atoms with Gasteiger partial charge in [-0.15, -0.1) is 0 Å². The van der Waals surface area contributed by atoms with Gasteiger partial charge in [0.1, 0.15) is 0 Å². The van der Waals surface area contributed by atoms with Crippen molar-refractivity contribution in [3.63, 3.8) is 0 Å². The third-order valence-electron chi connectivity index (χ3n) is 2.21. The molecule has 0 atom stereocenters.